The molecule has 0 aliphatic heterocycles. The summed E-state index contributed by atoms with van der Waals surface area (Å²) >= 11 is 0. The van der Waals surface area contributed by atoms with E-state index in [-0.39, 0.29) is 6.10 Å². The lowest BCUT2D eigenvalue weighted by atomic mass is 9.92. The van der Waals surface area contributed by atoms with E-state index < -0.39 is 6.10 Å². The summed E-state index contributed by atoms with van der Waals surface area (Å²) in [7, 11) is 1.69. The summed E-state index contributed by atoms with van der Waals surface area (Å²) in [5, 5.41) is 10.2. The zero-order valence-corrected chi connectivity index (χ0v) is 18.4. The number of nitrogens with zero attached hydrogens (tertiary/aromatic N) is 1. The molecule has 1 aliphatic rings. The second kappa shape index (κ2) is 9.97. The molecule has 162 valence electrons. The Labute approximate surface area is 184 Å². The highest BCUT2D eigenvalue weighted by Crippen LogP contribution is 2.37. The van der Waals surface area contributed by atoms with Crippen LogP contribution < -0.4 is 9.47 Å². The van der Waals surface area contributed by atoms with Crippen LogP contribution in [-0.4, -0.2) is 23.3 Å². The van der Waals surface area contributed by atoms with Gasteiger partial charge < -0.3 is 14.6 Å². The minimum absolute atomic E-state index is 0.263. The molecule has 1 atom stereocenters. The lowest BCUT2D eigenvalue weighted by Gasteiger charge is -2.19. The van der Waals surface area contributed by atoms with Crippen LogP contribution in [0.2, 0.25) is 0 Å². The van der Waals surface area contributed by atoms with Crippen LogP contribution in [-0.2, 0) is 12.8 Å². The number of aromatic nitrogens is 1. The average Bonchev–Trinajstić information content (AvgIpc) is 3.31. The minimum Gasteiger partial charge on any atom is -0.493 e. The molecule has 0 spiro atoms. The highest BCUT2D eigenvalue weighted by atomic mass is 16.5. The lowest BCUT2D eigenvalue weighted by Crippen LogP contribution is -2.11. The van der Waals surface area contributed by atoms with Gasteiger partial charge in [-0.2, -0.15) is 0 Å². The molecule has 0 saturated heterocycles. The molecule has 1 fully saturated rings. The summed E-state index contributed by atoms with van der Waals surface area (Å²) in [4.78, 5) is 4.11. The summed E-state index contributed by atoms with van der Waals surface area (Å²) in [6.07, 6.45) is 9.91. The first-order valence-corrected chi connectivity index (χ1v) is 11.2. The molecule has 0 amide bonds. The maximum Gasteiger partial charge on any atom is 0.162 e. The Hall–Kier alpha value is -2.85. The Morgan fingerprint density at radius 3 is 2.45 bits per heavy atom. The van der Waals surface area contributed by atoms with Crippen molar-refractivity contribution in [2.24, 2.45) is 0 Å². The van der Waals surface area contributed by atoms with Crippen molar-refractivity contribution in [3.63, 3.8) is 0 Å². The molecule has 1 N–H and O–H groups in total. The molecule has 2 aromatic carbocycles. The molecular formula is C27H31NO3. The fraction of sp³-hybridized carbons (Fsp3) is 0.370. The van der Waals surface area contributed by atoms with E-state index in [0.29, 0.717) is 0 Å². The zero-order chi connectivity index (χ0) is 21.6. The molecule has 3 aromatic rings. The minimum atomic E-state index is -0.513. The predicted molar refractivity (Wildman–Crippen MR) is 124 cm³/mol. The fourth-order valence-corrected chi connectivity index (χ4v) is 4.29. The third-order valence-electron chi connectivity index (χ3n) is 6.12. The number of rotatable bonds is 8. The van der Waals surface area contributed by atoms with Crippen LogP contribution in [0.3, 0.4) is 0 Å². The van der Waals surface area contributed by atoms with E-state index in [0.717, 1.165) is 53.9 Å². The van der Waals surface area contributed by atoms with Gasteiger partial charge in [-0.25, -0.2) is 0 Å². The Bertz CT molecular complexity index is 995. The average molecular weight is 418 g/mol. The summed E-state index contributed by atoms with van der Waals surface area (Å²) < 4.78 is 11.9. The highest BCUT2D eigenvalue weighted by Gasteiger charge is 2.19. The van der Waals surface area contributed by atoms with Crippen molar-refractivity contribution >= 4 is 0 Å². The molecule has 4 rings (SSSR count). The summed E-state index contributed by atoms with van der Waals surface area (Å²) in [5.74, 6) is 1.56. The van der Waals surface area contributed by atoms with Gasteiger partial charge in [0.25, 0.3) is 0 Å². The number of aliphatic hydroxyl groups excluding tert-OH is 1. The van der Waals surface area contributed by atoms with Gasteiger partial charge in [0.05, 0.1) is 19.3 Å². The standard InChI is InChI=1S/C27H31NO3/c1-19(29)22-10-9-21(8-7-20-13-15-28-16-14-20)25(17-22)23-11-12-26(30-2)27(18-23)31-24-5-3-4-6-24/h9-19,24,29H,3-8H2,1-2H3. The number of pyridine rings is 1. The van der Waals surface area contributed by atoms with Gasteiger partial charge in [0.1, 0.15) is 0 Å². The topological polar surface area (TPSA) is 51.6 Å². The van der Waals surface area contributed by atoms with Crippen molar-refractivity contribution in [2.75, 3.05) is 7.11 Å². The van der Waals surface area contributed by atoms with Gasteiger partial charge in [-0.15, -0.1) is 0 Å². The maximum absolute atomic E-state index is 10.2. The van der Waals surface area contributed by atoms with E-state index in [9.17, 15) is 5.11 Å². The van der Waals surface area contributed by atoms with Crippen LogP contribution in [0, 0.1) is 0 Å². The predicted octanol–water partition coefficient (Wildman–Crippen LogP) is 5.92. The van der Waals surface area contributed by atoms with Crippen molar-refractivity contribution in [3.8, 4) is 22.6 Å². The molecule has 1 unspecified atom stereocenters. The monoisotopic (exact) mass is 417 g/mol. The lowest BCUT2D eigenvalue weighted by molar-refractivity contribution is 0.199. The number of hydrogen-bond acceptors (Lipinski definition) is 4. The van der Waals surface area contributed by atoms with Crippen LogP contribution >= 0.6 is 0 Å². The third-order valence-corrected chi connectivity index (χ3v) is 6.12. The van der Waals surface area contributed by atoms with E-state index in [2.05, 4.69) is 41.4 Å². The molecule has 0 bridgehead atoms. The number of hydrogen-bond donors (Lipinski definition) is 1. The van der Waals surface area contributed by atoms with Crippen LogP contribution in [0.5, 0.6) is 11.5 Å². The van der Waals surface area contributed by atoms with Crippen molar-refractivity contribution in [1.82, 2.24) is 4.98 Å². The van der Waals surface area contributed by atoms with Crippen molar-refractivity contribution in [2.45, 2.75) is 57.7 Å². The third kappa shape index (κ3) is 5.26. The normalized spacial score (nSPS) is 15.1. The van der Waals surface area contributed by atoms with Gasteiger partial charge >= 0.3 is 0 Å². The molecule has 1 saturated carbocycles. The van der Waals surface area contributed by atoms with Crippen molar-refractivity contribution < 1.29 is 14.6 Å². The summed E-state index contributed by atoms with van der Waals surface area (Å²) in [5.41, 5.74) is 5.64. The Morgan fingerprint density at radius 2 is 1.74 bits per heavy atom. The number of benzene rings is 2. The second-order valence-electron chi connectivity index (χ2n) is 8.34. The van der Waals surface area contributed by atoms with E-state index in [1.165, 1.54) is 24.0 Å². The molecule has 1 aromatic heterocycles. The zero-order valence-electron chi connectivity index (χ0n) is 18.4. The molecule has 0 radical (unpaired) electrons. The molecular weight excluding hydrogens is 386 g/mol. The molecule has 1 heterocycles. The van der Waals surface area contributed by atoms with Crippen LogP contribution in [0.1, 0.15) is 55.4 Å². The number of aliphatic hydroxyl groups is 1. The van der Waals surface area contributed by atoms with E-state index in [1.807, 2.05) is 24.5 Å². The first-order chi connectivity index (χ1) is 15.1. The number of methoxy groups -OCH3 is 1. The SMILES string of the molecule is COc1ccc(-c2cc(C(C)O)ccc2CCc2ccncc2)cc1OC1CCCC1. The Balaban J connectivity index is 1.68. The van der Waals surface area contributed by atoms with Crippen LogP contribution in [0.15, 0.2) is 60.9 Å². The van der Waals surface area contributed by atoms with Crippen LogP contribution in [0.4, 0.5) is 0 Å². The van der Waals surface area contributed by atoms with Gasteiger partial charge in [-0.05, 0) is 104 Å². The van der Waals surface area contributed by atoms with Gasteiger partial charge in [0.2, 0.25) is 0 Å². The quantitative estimate of drug-likeness (QED) is 0.494. The Morgan fingerprint density at radius 1 is 0.968 bits per heavy atom. The maximum atomic E-state index is 10.2. The van der Waals surface area contributed by atoms with Gasteiger partial charge in [0.15, 0.2) is 11.5 Å². The first kappa shape index (κ1) is 21.4. The van der Waals surface area contributed by atoms with Crippen molar-refractivity contribution in [1.29, 1.82) is 0 Å². The van der Waals surface area contributed by atoms with E-state index in [1.54, 1.807) is 14.0 Å². The molecule has 1 aliphatic carbocycles. The van der Waals surface area contributed by atoms with Crippen molar-refractivity contribution in [3.05, 3.63) is 77.6 Å². The summed E-state index contributed by atoms with van der Waals surface area (Å²) in [6, 6.07) is 16.5. The van der Waals surface area contributed by atoms with Gasteiger partial charge in [0, 0.05) is 12.4 Å². The van der Waals surface area contributed by atoms with E-state index in [4.69, 9.17) is 9.47 Å². The smallest absolute Gasteiger partial charge is 0.162 e. The summed E-state index contributed by atoms with van der Waals surface area (Å²) in [6.45, 7) is 1.80. The Kier molecular flexibility index (Phi) is 6.88. The van der Waals surface area contributed by atoms with Gasteiger partial charge in [-0.1, -0.05) is 18.2 Å². The number of aryl methyl sites for hydroxylation is 2. The molecule has 31 heavy (non-hydrogen) atoms. The van der Waals surface area contributed by atoms with Gasteiger partial charge in [-0.3, -0.25) is 4.98 Å². The largest absolute Gasteiger partial charge is 0.493 e. The molecule has 4 heteroatoms. The number of ether oxygens (including phenoxy) is 2. The second-order valence-corrected chi connectivity index (χ2v) is 8.34. The molecule has 4 nitrogen and oxygen atoms in total. The van der Waals surface area contributed by atoms with Crippen LogP contribution in [0.25, 0.3) is 11.1 Å². The first-order valence-electron chi connectivity index (χ1n) is 11.2. The van der Waals surface area contributed by atoms with E-state index >= 15 is 0 Å². The highest BCUT2D eigenvalue weighted by molar-refractivity contribution is 5.71. The fourth-order valence-electron chi connectivity index (χ4n) is 4.29.